The molecule has 0 radical (unpaired) electrons. The minimum atomic E-state index is -0.393. The first kappa shape index (κ1) is 22.5. The van der Waals surface area contributed by atoms with E-state index in [1.54, 1.807) is 32.4 Å². The van der Waals surface area contributed by atoms with Crippen molar-refractivity contribution in [3.63, 3.8) is 0 Å². The van der Waals surface area contributed by atoms with Crippen molar-refractivity contribution < 1.29 is 14.4 Å². The molecule has 27 heavy (non-hydrogen) atoms. The van der Waals surface area contributed by atoms with Crippen molar-refractivity contribution in [2.24, 2.45) is 4.99 Å². The van der Waals surface area contributed by atoms with E-state index in [0.29, 0.717) is 31.2 Å². The molecule has 8 nitrogen and oxygen atoms in total. The maximum Gasteiger partial charge on any atom is 0.274 e. The van der Waals surface area contributed by atoms with Crippen molar-refractivity contribution in [3.05, 3.63) is 64.2 Å². The fraction of sp³-hybridized carbons (Fsp3) is 0.278. The van der Waals surface area contributed by atoms with Crippen molar-refractivity contribution in [1.29, 1.82) is 0 Å². The molecule has 146 valence electrons. The summed E-state index contributed by atoms with van der Waals surface area (Å²) in [6.07, 6.45) is 0. The topological polar surface area (TPSA) is 98.0 Å². The van der Waals surface area contributed by atoms with Crippen LogP contribution in [0.1, 0.15) is 5.56 Å². The van der Waals surface area contributed by atoms with Gasteiger partial charge in [-0.15, -0.1) is 24.0 Å². The molecule has 0 aliphatic rings. The molecule has 0 spiro atoms. The minimum Gasteiger partial charge on any atom is -0.497 e. The second-order valence-corrected chi connectivity index (χ2v) is 5.26. The summed E-state index contributed by atoms with van der Waals surface area (Å²) < 4.78 is 10.7. The summed E-state index contributed by atoms with van der Waals surface area (Å²) in [7, 11) is 3.25. The molecule has 0 amide bonds. The third kappa shape index (κ3) is 7.29. The summed E-state index contributed by atoms with van der Waals surface area (Å²) in [5.41, 5.74) is 0.674. The molecular weight excluding hydrogens is 463 g/mol. The van der Waals surface area contributed by atoms with Crippen LogP contribution in [0.5, 0.6) is 11.5 Å². The van der Waals surface area contributed by atoms with E-state index in [9.17, 15) is 10.1 Å². The lowest BCUT2D eigenvalue weighted by Crippen LogP contribution is -2.39. The second kappa shape index (κ2) is 11.9. The van der Waals surface area contributed by atoms with E-state index < -0.39 is 4.92 Å². The normalized spacial score (nSPS) is 10.5. The number of nitrogens with zero attached hydrogens (tertiary/aromatic N) is 2. The molecule has 0 unspecified atom stereocenters. The zero-order valence-corrected chi connectivity index (χ0v) is 17.5. The van der Waals surface area contributed by atoms with Gasteiger partial charge < -0.3 is 20.1 Å². The maximum atomic E-state index is 11.0. The highest BCUT2D eigenvalue weighted by Gasteiger charge is 2.12. The molecule has 0 fully saturated rings. The van der Waals surface area contributed by atoms with Crippen molar-refractivity contribution >= 4 is 35.6 Å². The molecule has 0 aliphatic carbocycles. The average molecular weight is 486 g/mol. The Kier molecular flexibility index (Phi) is 9.94. The summed E-state index contributed by atoms with van der Waals surface area (Å²) in [5, 5.41) is 17.2. The summed E-state index contributed by atoms with van der Waals surface area (Å²) in [6, 6.07) is 13.9. The minimum absolute atomic E-state index is 0. The molecule has 0 heterocycles. The Balaban J connectivity index is 0.00000364. The van der Waals surface area contributed by atoms with Gasteiger partial charge in [0.05, 0.1) is 18.6 Å². The summed E-state index contributed by atoms with van der Waals surface area (Å²) in [4.78, 5) is 14.7. The first-order chi connectivity index (χ1) is 12.6. The van der Waals surface area contributed by atoms with Gasteiger partial charge in [-0.2, -0.15) is 0 Å². The van der Waals surface area contributed by atoms with E-state index in [-0.39, 0.29) is 29.7 Å². The molecule has 0 saturated heterocycles. The number of halogens is 1. The van der Waals surface area contributed by atoms with Crippen LogP contribution in [-0.4, -0.2) is 38.2 Å². The summed E-state index contributed by atoms with van der Waals surface area (Å²) in [6.45, 7) is 1.28. The van der Waals surface area contributed by atoms with Gasteiger partial charge in [0.25, 0.3) is 5.69 Å². The SMILES string of the molecule is CN=C(NCCOc1ccc(OC)cc1)NCc1ccccc1[N+](=O)[O-].I. The second-order valence-electron chi connectivity index (χ2n) is 5.26. The van der Waals surface area contributed by atoms with E-state index in [1.165, 1.54) is 6.07 Å². The predicted molar refractivity (Wildman–Crippen MR) is 115 cm³/mol. The molecule has 2 rings (SSSR count). The van der Waals surface area contributed by atoms with E-state index in [0.717, 1.165) is 11.5 Å². The van der Waals surface area contributed by atoms with Gasteiger partial charge in [0.1, 0.15) is 18.1 Å². The molecule has 0 aromatic heterocycles. The Morgan fingerprint density at radius 3 is 2.41 bits per heavy atom. The molecule has 2 aromatic rings. The third-order valence-corrected chi connectivity index (χ3v) is 3.58. The zero-order valence-electron chi connectivity index (χ0n) is 15.2. The Morgan fingerprint density at radius 2 is 1.78 bits per heavy atom. The van der Waals surface area contributed by atoms with Crippen LogP contribution in [0.3, 0.4) is 0 Å². The number of hydrogen-bond donors (Lipinski definition) is 2. The smallest absolute Gasteiger partial charge is 0.274 e. The van der Waals surface area contributed by atoms with Crippen LogP contribution in [0.25, 0.3) is 0 Å². The Hall–Kier alpha value is -2.56. The van der Waals surface area contributed by atoms with Crippen LogP contribution in [-0.2, 0) is 6.54 Å². The number of para-hydroxylation sites is 1. The van der Waals surface area contributed by atoms with Gasteiger partial charge in [-0.05, 0) is 24.3 Å². The maximum absolute atomic E-state index is 11.0. The molecule has 2 N–H and O–H groups in total. The lowest BCUT2D eigenvalue weighted by Gasteiger charge is -2.13. The number of rotatable bonds is 8. The van der Waals surface area contributed by atoms with Crippen molar-refractivity contribution in [3.8, 4) is 11.5 Å². The number of nitro benzene ring substituents is 1. The number of nitro groups is 1. The monoisotopic (exact) mass is 486 g/mol. The molecular formula is C18H23IN4O4. The quantitative estimate of drug-likeness (QED) is 0.149. The number of aliphatic imine (C=N–C) groups is 1. The van der Waals surface area contributed by atoms with E-state index in [2.05, 4.69) is 15.6 Å². The molecule has 9 heteroatoms. The molecule has 0 aliphatic heterocycles. The molecule has 2 aromatic carbocycles. The van der Waals surface area contributed by atoms with Crippen molar-refractivity contribution in [2.75, 3.05) is 27.3 Å². The van der Waals surface area contributed by atoms with Gasteiger partial charge in [0.15, 0.2) is 5.96 Å². The van der Waals surface area contributed by atoms with E-state index in [1.807, 2.05) is 24.3 Å². The largest absolute Gasteiger partial charge is 0.497 e. The van der Waals surface area contributed by atoms with Gasteiger partial charge in [-0.25, -0.2) is 0 Å². The number of ether oxygens (including phenoxy) is 2. The van der Waals surface area contributed by atoms with Gasteiger partial charge in [-0.1, -0.05) is 18.2 Å². The van der Waals surface area contributed by atoms with Crippen molar-refractivity contribution in [2.45, 2.75) is 6.54 Å². The van der Waals surface area contributed by atoms with Crippen molar-refractivity contribution in [1.82, 2.24) is 10.6 Å². The Bertz CT molecular complexity index is 753. The summed E-state index contributed by atoms with van der Waals surface area (Å²) in [5.74, 6) is 2.06. The lowest BCUT2D eigenvalue weighted by atomic mass is 10.2. The standard InChI is InChI=1S/C18H22N4O4.HI/c1-19-18(21-13-14-5-3-4-6-17(14)22(23)24)20-11-12-26-16-9-7-15(25-2)8-10-16;/h3-10H,11-13H2,1-2H3,(H2,19,20,21);1H. The van der Waals surface area contributed by atoms with Gasteiger partial charge in [0.2, 0.25) is 0 Å². The van der Waals surface area contributed by atoms with Gasteiger partial charge in [0, 0.05) is 25.2 Å². The van der Waals surface area contributed by atoms with Gasteiger partial charge in [-0.3, -0.25) is 15.1 Å². The van der Waals surface area contributed by atoms with Crippen LogP contribution in [0.2, 0.25) is 0 Å². The van der Waals surface area contributed by atoms with Gasteiger partial charge >= 0.3 is 0 Å². The van der Waals surface area contributed by atoms with Crippen LogP contribution in [0.15, 0.2) is 53.5 Å². The number of methoxy groups -OCH3 is 1. The number of benzene rings is 2. The number of nitrogens with one attached hydrogen (secondary N) is 2. The highest BCUT2D eigenvalue weighted by atomic mass is 127. The third-order valence-electron chi connectivity index (χ3n) is 3.58. The Labute approximate surface area is 175 Å². The van der Waals surface area contributed by atoms with E-state index >= 15 is 0 Å². The molecule has 0 saturated carbocycles. The van der Waals surface area contributed by atoms with Crippen LogP contribution >= 0.6 is 24.0 Å². The number of guanidine groups is 1. The Morgan fingerprint density at radius 1 is 1.11 bits per heavy atom. The number of hydrogen-bond acceptors (Lipinski definition) is 5. The molecule has 0 atom stereocenters. The highest BCUT2D eigenvalue weighted by molar-refractivity contribution is 14.0. The van der Waals surface area contributed by atoms with Crippen LogP contribution in [0, 0.1) is 10.1 Å². The highest BCUT2D eigenvalue weighted by Crippen LogP contribution is 2.17. The zero-order chi connectivity index (χ0) is 18.8. The fourth-order valence-corrected chi connectivity index (χ4v) is 2.25. The van der Waals surface area contributed by atoms with E-state index in [4.69, 9.17) is 9.47 Å². The fourth-order valence-electron chi connectivity index (χ4n) is 2.25. The summed E-state index contributed by atoms with van der Waals surface area (Å²) >= 11 is 0. The average Bonchev–Trinajstić information content (AvgIpc) is 2.68. The predicted octanol–water partition coefficient (Wildman–Crippen LogP) is 2.97. The molecule has 0 bridgehead atoms. The van der Waals surface area contributed by atoms with Crippen LogP contribution in [0.4, 0.5) is 5.69 Å². The van der Waals surface area contributed by atoms with Crippen LogP contribution < -0.4 is 20.1 Å². The lowest BCUT2D eigenvalue weighted by molar-refractivity contribution is -0.385. The first-order valence-electron chi connectivity index (χ1n) is 8.07. The first-order valence-corrected chi connectivity index (χ1v) is 8.07.